The van der Waals surface area contributed by atoms with E-state index in [-0.39, 0.29) is 0 Å². The van der Waals surface area contributed by atoms with Crippen LogP contribution in [0.1, 0.15) is 18.4 Å². The third-order valence-electron chi connectivity index (χ3n) is 3.52. The van der Waals surface area contributed by atoms with Crippen molar-refractivity contribution in [2.45, 2.75) is 25.9 Å². The largest absolute Gasteiger partial charge is 0.337 e. The van der Waals surface area contributed by atoms with Crippen molar-refractivity contribution >= 4 is 0 Å². The number of aryl methyl sites for hydroxylation is 1. The summed E-state index contributed by atoms with van der Waals surface area (Å²) in [5.74, 6) is 0. The van der Waals surface area contributed by atoms with Crippen LogP contribution in [0.5, 0.6) is 0 Å². The van der Waals surface area contributed by atoms with Crippen LogP contribution in [-0.4, -0.2) is 41.1 Å². The van der Waals surface area contributed by atoms with Gasteiger partial charge in [0, 0.05) is 25.5 Å². The molecule has 0 saturated carbocycles. The molecule has 0 unspecified atom stereocenters. The van der Waals surface area contributed by atoms with Crippen LogP contribution < -0.4 is 5.32 Å². The average molecular weight is 286 g/mol. The lowest BCUT2D eigenvalue weighted by atomic mass is 10.2. The van der Waals surface area contributed by atoms with Gasteiger partial charge >= 0.3 is 0 Å². The normalized spacial score (nSPS) is 11.1. The summed E-state index contributed by atoms with van der Waals surface area (Å²) >= 11 is 0. The van der Waals surface area contributed by atoms with E-state index in [9.17, 15) is 0 Å². The maximum Gasteiger partial charge on any atom is 0.0945 e. The Balaban J connectivity index is 1.46. The van der Waals surface area contributed by atoms with E-state index >= 15 is 0 Å². The molecule has 114 valence electrons. The molecule has 2 rings (SSSR count). The molecule has 0 radical (unpaired) electrons. The molecule has 0 saturated heterocycles. The van der Waals surface area contributed by atoms with Crippen molar-refractivity contribution in [1.29, 1.82) is 0 Å². The molecule has 0 aliphatic rings. The van der Waals surface area contributed by atoms with Crippen LogP contribution in [0.3, 0.4) is 0 Å². The highest BCUT2D eigenvalue weighted by Gasteiger charge is 1.99. The smallest absolute Gasteiger partial charge is 0.0945 e. The van der Waals surface area contributed by atoms with Crippen molar-refractivity contribution in [3.05, 3.63) is 54.6 Å². The lowest BCUT2D eigenvalue weighted by Gasteiger charge is -2.16. The van der Waals surface area contributed by atoms with Gasteiger partial charge in [-0.05, 0) is 45.1 Å². The second-order valence-electron chi connectivity index (χ2n) is 5.48. The minimum Gasteiger partial charge on any atom is -0.337 e. The Hall–Kier alpha value is -1.65. The molecule has 21 heavy (non-hydrogen) atoms. The molecule has 0 fully saturated rings. The lowest BCUT2D eigenvalue weighted by Crippen LogP contribution is -2.24. The molecule has 1 heterocycles. The van der Waals surface area contributed by atoms with Crippen molar-refractivity contribution in [3.63, 3.8) is 0 Å². The van der Waals surface area contributed by atoms with E-state index in [0.29, 0.717) is 0 Å². The van der Waals surface area contributed by atoms with Crippen molar-refractivity contribution in [2.24, 2.45) is 0 Å². The Labute approximate surface area is 127 Å². The van der Waals surface area contributed by atoms with Gasteiger partial charge in [0.15, 0.2) is 0 Å². The van der Waals surface area contributed by atoms with Crippen LogP contribution in [0, 0.1) is 0 Å². The highest BCUT2D eigenvalue weighted by molar-refractivity contribution is 5.14. The maximum absolute atomic E-state index is 4.04. The lowest BCUT2D eigenvalue weighted by molar-refractivity contribution is 0.319. The van der Waals surface area contributed by atoms with Gasteiger partial charge in [-0.1, -0.05) is 30.3 Å². The van der Waals surface area contributed by atoms with Gasteiger partial charge in [-0.25, -0.2) is 4.98 Å². The van der Waals surface area contributed by atoms with E-state index < -0.39 is 0 Å². The average Bonchev–Trinajstić information content (AvgIpc) is 3.00. The molecule has 4 heteroatoms. The summed E-state index contributed by atoms with van der Waals surface area (Å²) in [5.41, 5.74) is 1.38. The fourth-order valence-electron chi connectivity index (χ4n) is 2.38. The van der Waals surface area contributed by atoms with Crippen LogP contribution in [-0.2, 0) is 13.1 Å². The standard InChI is InChI=1S/C17H26N4/c1-20(15-17-7-3-2-4-8-17)12-5-9-18-10-6-13-21-14-11-19-16-21/h2-4,7-8,11,14,16,18H,5-6,9-10,12-13,15H2,1H3. The monoisotopic (exact) mass is 286 g/mol. The van der Waals surface area contributed by atoms with Gasteiger partial charge in [-0.3, -0.25) is 0 Å². The fourth-order valence-corrected chi connectivity index (χ4v) is 2.38. The Bertz CT molecular complexity index is 467. The predicted octanol–water partition coefficient (Wildman–Crippen LogP) is 2.38. The summed E-state index contributed by atoms with van der Waals surface area (Å²) < 4.78 is 2.12. The summed E-state index contributed by atoms with van der Waals surface area (Å²) in [6.45, 7) is 5.36. The Morgan fingerprint density at radius 1 is 1.14 bits per heavy atom. The summed E-state index contributed by atoms with van der Waals surface area (Å²) in [4.78, 5) is 6.42. The van der Waals surface area contributed by atoms with Gasteiger partial charge in [-0.2, -0.15) is 0 Å². The molecule has 0 aliphatic heterocycles. The number of rotatable bonds is 10. The van der Waals surface area contributed by atoms with Gasteiger partial charge in [-0.15, -0.1) is 0 Å². The van der Waals surface area contributed by atoms with Crippen LogP contribution in [0.2, 0.25) is 0 Å². The van der Waals surface area contributed by atoms with E-state index in [0.717, 1.165) is 39.1 Å². The number of imidazole rings is 1. The van der Waals surface area contributed by atoms with Crippen molar-refractivity contribution in [1.82, 2.24) is 19.8 Å². The first kappa shape index (κ1) is 15.7. The molecule has 0 spiro atoms. The second-order valence-corrected chi connectivity index (χ2v) is 5.48. The van der Waals surface area contributed by atoms with Gasteiger partial charge in [0.2, 0.25) is 0 Å². The third-order valence-corrected chi connectivity index (χ3v) is 3.52. The number of nitrogens with zero attached hydrogens (tertiary/aromatic N) is 3. The van der Waals surface area contributed by atoms with E-state index in [1.165, 1.54) is 12.0 Å². The minimum absolute atomic E-state index is 1.03. The molecular formula is C17H26N4. The Morgan fingerprint density at radius 2 is 1.95 bits per heavy atom. The van der Waals surface area contributed by atoms with Gasteiger partial charge < -0.3 is 14.8 Å². The minimum atomic E-state index is 1.03. The van der Waals surface area contributed by atoms with E-state index in [4.69, 9.17) is 0 Å². The fraction of sp³-hybridized carbons (Fsp3) is 0.471. The molecular weight excluding hydrogens is 260 g/mol. The maximum atomic E-state index is 4.04. The number of benzene rings is 1. The SMILES string of the molecule is CN(CCCNCCCn1ccnc1)Cc1ccccc1. The van der Waals surface area contributed by atoms with Gasteiger partial charge in [0.25, 0.3) is 0 Å². The molecule has 1 N–H and O–H groups in total. The first-order valence-corrected chi connectivity index (χ1v) is 7.73. The van der Waals surface area contributed by atoms with Gasteiger partial charge in [0.05, 0.1) is 6.33 Å². The third kappa shape index (κ3) is 6.56. The predicted molar refractivity (Wildman–Crippen MR) is 87.1 cm³/mol. The topological polar surface area (TPSA) is 33.1 Å². The van der Waals surface area contributed by atoms with Crippen LogP contribution >= 0.6 is 0 Å². The highest BCUT2D eigenvalue weighted by Crippen LogP contribution is 2.02. The molecule has 2 aromatic rings. The molecule has 0 amide bonds. The van der Waals surface area contributed by atoms with Crippen LogP contribution in [0.15, 0.2) is 49.1 Å². The second kappa shape index (κ2) is 9.32. The first-order chi connectivity index (χ1) is 10.3. The zero-order valence-corrected chi connectivity index (χ0v) is 12.9. The molecule has 0 bridgehead atoms. The highest BCUT2D eigenvalue weighted by atomic mass is 15.1. The summed E-state index contributed by atoms with van der Waals surface area (Å²) in [6, 6.07) is 10.6. The zero-order valence-electron chi connectivity index (χ0n) is 12.9. The summed E-state index contributed by atoms with van der Waals surface area (Å²) in [6.07, 6.45) is 8.05. The number of hydrogen-bond donors (Lipinski definition) is 1. The number of hydrogen-bond acceptors (Lipinski definition) is 3. The zero-order chi connectivity index (χ0) is 14.8. The van der Waals surface area contributed by atoms with Crippen molar-refractivity contribution in [2.75, 3.05) is 26.7 Å². The number of nitrogens with one attached hydrogen (secondary N) is 1. The summed E-state index contributed by atoms with van der Waals surface area (Å²) in [5, 5.41) is 3.51. The van der Waals surface area contributed by atoms with E-state index in [1.54, 1.807) is 0 Å². The first-order valence-electron chi connectivity index (χ1n) is 7.73. The Morgan fingerprint density at radius 3 is 2.71 bits per heavy atom. The van der Waals surface area contributed by atoms with Crippen molar-refractivity contribution < 1.29 is 0 Å². The molecule has 0 aliphatic carbocycles. The van der Waals surface area contributed by atoms with Gasteiger partial charge in [0.1, 0.15) is 0 Å². The van der Waals surface area contributed by atoms with Crippen LogP contribution in [0.4, 0.5) is 0 Å². The van der Waals surface area contributed by atoms with Crippen molar-refractivity contribution in [3.8, 4) is 0 Å². The van der Waals surface area contributed by atoms with E-state index in [2.05, 4.69) is 57.1 Å². The molecule has 1 aromatic heterocycles. The van der Waals surface area contributed by atoms with E-state index in [1.807, 2.05) is 18.7 Å². The molecule has 1 aromatic carbocycles. The molecule has 0 atom stereocenters. The molecule has 4 nitrogen and oxygen atoms in total. The van der Waals surface area contributed by atoms with Crippen LogP contribution in [0.25, 0.3) is 0 Å². The summed E-state index contributed by atoms with van der Waals surface area (Å²) in [7, 11) is 2.19. The number of aromatic nitrogens is 2. The quantitative estimate of drug-likeness (QED) is 0.681. The Kier molecular flexibility index (Phi) is 6.98.